The first-order valence-corrected chi connectivity index (χ1v) is 9.13. The molecular weight excluding hydrogens is 226 g/mol. The standard InChI is InChI=1S/C14H25NOSi/c1-14(2,3)13(11-15-16-17(4)5)12-9-7-6-8-10-12/h6-10,13,15,17H,11H2,1-5H3. The Balaban J connectivity index is 2.69. The van der Waals surface area contributed by atoms with Crippen LogP contribution in [0.3, 0.4) is 0 Å². The van der Waals surface area contributed by atoms with E-state index < -0.39 is 9.04 Å². The Hall–Kier alpha value is -0.643. The molecule has 0 aliphatic heterocycles. The van der Waals surface area contributed by atoms with Gasteiger partial charge in [-0.3, -0.25) is 0 Å². The second-order valence-electron chi connectivity index (χ2n) is 5.84. The zero-order chi connectivity index (χ0) is 12.9. The maximum absolute atomic E-state index is 5.58. The second-order valence-corrected chi connectivity index (χ2v) is 8.18. The Morgan fingerprint density at radius 2 is 1.76 bits per heavy atom. The van der Waals surface area contributed by atoms with Crippen LogP contribution in [0.2, 0.25) is 13.1 Å². The van der Waals surface area contributed by atoms with Crippen LogP contribution in [0.15, 0.2) is 30.3 Å². The average molecular weight is 251 g/mol. The zero-order valence-corrected chi connectivity index (χ0v) is 12.8. The van der Waals surface area contributed by atoms with Gasteiger partial charge in [0.15, 0.2) is 9.04 Å². The van der Waals surface area contributed by atoms with Crippen molar-refractivity contribution in [3.05, 3.63) is 35.9 Å². The van der Waals surface area contributed by atoms with Gasteiger partial charge in [0.2, 0.25) is 0 Å². The van der Waals surface area contributed by atoms with Crippen LogP contribution in [-0.4, -0.2) is 15.6 Å². The third kappa shape index (κ3) is 5.02. The third-order valence-corrected chi connectivity index (χ3v) is 3.49. The number of hydrogen-bond donors (Lipinski definition) is 1. The van der Waals surface area contributed by atoms with Crippen molar-refractivity contribution in [1.29, 1.82) is 0 Å². The van der Waals surface area contributed by atoms with E-state index in [0.29, 0.717) is 5.92 Å². The predicted octanol–water partition coefficient (Wildman–Crippen LogP) is 3.32. The number of nitrogens with one attached hydrogen (secondary N) is 1. The van der Waals surface area contributed by atoms with E-state index in [1.54, 1.807) is 0 Å². The highest BCUT2D eigenvalue weighted by molar-refractivity contribution is 6.48. The van der Waals surface area contributed by atoms with E-state index in [1.807, 2.05) is 0 Å². The molecule has 0 saturated heterocycles. The fourth-order valence-electron chi connectivity index (χ4n) is 1.91. The van der Waals surface area contributed by atoms with E-state index in [4.69, 9.17) is 4.53 Å². The average Bonchev–Trinajstić information content (AvgIpc) is 2.23. The van der Waals surface area contributed by atoms with Gasteiger partial charge in [0.05, 0.1) is 0 Å². The summed E-state index contributed by atoms with van der Waals surface area (Å²) in [4.78, 5) is 0. The minimum Gasteiger partial charge on any atom is -0.350 e. The molecule has 1 atom stereocenters. The van der Waals surface area contributed by atoms with Crippen LogP contribution in [0, 0.1) is 5.41 Å². The van der Waals surface area contributed by atoms with Gasteiger partial charge in [-0.15, -0.1) is 0 Å². The first kappa shape index (κ1) is 14.4. The van der Waals surface area contributed by atoms with Crippen molar-refractivity contribution < 1.29 is 4.53 Å². The molecule has 96 valence electrons. The molecule has 1 N–H and O–H groups in total. The van der Waals surface area contributed by atoms with Crippen molar-refractivity contribution in [2.75, 3.05) is 6.54 Å². The number of hydrogen-bond acceptors (Lipinski definition) is 2. The van der Waals surface area contributed by atoms with Crippen LogP contribution >= 0.6 is 0 Å². The lowest BCUT2D eigenvalue weighted by Gasteiger charge is -2.31. The van der Waals surface area contributed by atoms with E-state index in [2.05, 4.69) is 69.7 Å². The molecule has 2 nitrogen and oxygen atoms in total. The molecule has 0 radical (unpaired) electrons. The maximum atomic E-state index is 5.58. The summed E-state index contributed by atoms with van der Waals surface area (Å²) in [6, 6.07) is 10.7. The van der Waals surface area contributed by atoms with Crippen LogP contribution in [0.5, 0.6) is 0 Å². The molecule has 1 rings (SSSR count). The van der Waals surface area contributed by atoms with Crippen molar-refractivity contribution in [2.45, 2.75) is 39.8 Å². The predicted molar refractivity (Wildman–Crippen MR) is 76.6 cm³/mol. The van der Waals surface area contributed by atoms with E-state index in [9.17, 15) is 0 Å². The maximum Gasteiger partial charge on any atom is 0.199 e. The van der Waals surface area contributed by atoms with Crippen LogP contribution in [0.25, 0.3) is 0 Å². The summed E-state index contributed by atoms with van der Waals surface area (Å²) >= 11 is 0. The molecule has 0 heterocycles. The molecule has 1 unspecified atom stereocenters. The van der Waals surface area contributed by atoms with Crippen molar-refractivity contribution in [3.8, 4) is 0 Å². The van der Waals surface area contributed by atoms with E-state index in [0.717, 1.165) is 6.54 Å². The van der Waals surface area contributed by atoms with Gasteiger partial charge in [-0.2, -0.15) is 0 Å². The van der Waals surface area contributed by atoms with Gasteiger partial charge in [-0.1, -0.05) is 51.1 Å². The molecule has 0 spiro atoms. The zero-order valence-electron chi connectivity index (χ0n) is 11.7. The molecule has 1 aromatic rings. The number of rotatable bonds is 5. The van der Waals surface area contributed by atoms with E-state index >= 15 is 0 Å². The molecule has 0 saturated carbocycles. The Kier molecular flexibility index (Phi) is 5.37. The van der Waals surface area contributed by atoms with Crippen molar-refractivity contribution in [3.63, 3.8) is 0 Å². The Morgan fingerprint density at radius 1 is 1.18 bits per heavy atom. The fourth-order valence-corrected chi connectivity index (χ4v) is 2.34. The molecule has 3 heteroatoms. The van der Waals surface area contributed by atoms with Gasteiger partial charge in [0, 0.05) is 12.5 Å². The lowest BCUT2D eigenvalue weighted by molar-refractivity contribution is 0.164. The first-order valence-electron chi connectivity index (χ1n) is 6.34. The molecule has 0 amide bonds. The first-order chi connectivity index (χ1) is 7.91. The third-order valence-electron chi connectivity index (χ3n) is 2.85. The van der Waals surface area contributed by atoms with Gasteiger partial charge < -0.3 is 4.53 Å². The SMILES string of the molecule is C[SiH](C)ONCC(c1ccccc1)C(C)(C)C. The summed E-state index contributed by atoms with van der Waals surface area (Å²) in [5.74, 6) is 0.469. The van der Waals surface area contributed by atoms with Crippen molar-refractivity contribution in [1.82, 2.24) is 5.48 Å². The molecule has 1 aromatic carbocycles. The molecule has 0 aliphatic carbocycles. The van der Waals surface area contributed by atoms with Gasteiger partial charge in [-0.25, -0.2) is 5.48 Å². The van der Waals surface area contributed by atoms with Crippen LogP contribution in [0.4, 0.5) is 0 Å². The Morgan fingerprint density at radius 3 is 2.24 bits per heavy atom. The number of hydroxylamine groups is 1. The summed E-state index contributed by atoms with van der Waals surface area (Å²) in [6.07, 6.45) is 0. The van der Waals surface area contributed by atoms with Gasteiger partial charge >= 0.3 is 0 Å². The topological polar surface area (TPSA) is 21.3 Å². The molecule has 0 fully saturated rings. The normalized spacial score (nSPS) is 14.0. The summed E-state index contributed by atoms with van der Waals surface area (Å²) in [7, 11) is -0.988. The second kappa shape index (κ2) is 6.33. The highest BCUT2D eigenvalue weighted by atomic mass is 28.3. The minimum absolute atomic E-state index is 0.232. The highest BCUT2D eigenvalue weighted by Crippen LogP contribution is 2.34. The summed E-state index contributed by atoms with van der Waals surface area (Å²) in [5.41, 5.74) is 4.76. The highest BCUT2D eigenvalue weighted by Gasteiger charge is 2.25. The van der Waals surface area contributed by atoms with Crippen LogP contribution in [-0.2, 0) is 4.53 Å². The molecule has 17 heavy (non-hydrogen) atoms. The molecular formula is C14H25NOSi. The smallest absolute Gasteiger partial charge is 0.199 e. The quantitative estimate of drug-likeness (QED) is 0.640. The lowest BCUT2D eigenvalue weighted by atomic mass is 9.76. The van der Waals surface area contributed by atoms with E-state index in [-0.39, 0.29) is 5.41 Å². The van der Waals surface area contributed by atoms with Crippen LogP contribution < -0.4 is 5.48 Å². The minimum atomic E-state index is -0.988. The van der Waals surface area contributed by atoms with Gasteiger partial charge in [-0.05, 0) is 24.1 Å². The molecule has 0 bridgehead atoms. The molecule has 0 aromatic heterocycles. The molecule has 0 aliphatic rings. The van der Waals surface area contributed by atoms with Crippen molar-refractivity contribution >= 4 is 9.04 Å². The summed E-state index contributed by atoms with van der Waals surface area (Å²) in [5, 5.41) is 0. The van der Waals surface area contributed by atoms with Gasteiger partial charge in [0.25, 0.3) is 0 Å². The summed E-state index contributed by atoms with van der Waals surface area (Å²) < 4.78 is 5.58. The van der Waals surface area contributed by atoms with Gasteiger partial charge in [0.1, 0.15) is 0 Å². The van der Waals surface area contributed by atoms with Crippen LogP contribution in [0.1, 0.15) is 32.3 Å². The fraction of sp³-hybridized carbons (Fsp3) is 0.571. The summed E-state index contributed by atoms with van der Waals surface area (Å²) in [6.45, 7) is 12.0. The largest absolute Gasteiger partial charge is 0.350 e. The lowest BCUT2D eigenvalue weighted by Crippen LogP contribution is -2.32. The monoisotopic (exact) mass is 251 g/mol. The number of benzene rings is 1. The Labute approximate surface area is 107 Å². The van der Waals surface area contributed by atoms with Crippen molar-refractivity contribution in [2.24, 2.45) is 5.41 Å². The Bertz CT molecular complexity index is 319. The van der Waals surface area contributed by atoms with E-state index in [1.165, 1.54) is 5.56 Å².